The van der Waals surface area contributed by atoms with E-state index in [4.69, 9.17) is 44.3 Å². The Kier molecular flexibility index (Phi) is 6.09. The van der Waals surface area contributed by atoms with E-state index in [0.717, 1.165) is 10.8 Å². The normalized spacial score (nSPS) is 10.6. The van der Waals surface area contributed by atoms with Gasteiger partial charge in [0.15, 0.2) is 5.75 Å². The van der Waals surface area contributed by atoms with Crippen LogP contribution < -0.4 is 10.1 Å². The molecule has 0 saturated carbocycles. The number of halogens is 3. The van der Waals surface area contributed by atoms with Gasteiger partial charge in [-0.1, -0.05) is 71.2 Å². The fourth-order valence-corrected chi connectivity index (χ4v) is 3.35. The number of ether oxygens (including phenoxy) is 2. The standard InChI is InChI=1S/C19H14Cl3NO3/c20-13-10-15(21)18(16(22)11-13)25-8-9-26-19(24)23-17-7-3-5-12-4-1-2-6-14(12)17/h1-7,10-11H,8-9H2,(H,23,24). The molecule has 26 heavy (non-hydrogen) atoms. The summed E-state index contributed by atoms with van der Waals surface area (Å²) in [5.41, 5.74) is 0.679. The minimum atomic E-state index is -0.571. The second kappa shape index (κ2) is 8.49. The lowest BCUT2D eigenvalue weighted by atomic mass is 10.1. The van der Waals surface area contributed by atoms with E-state index in [9.17, 15) is 4.79 Å². The maximum Gasteiger partial charge on any atom is 0.411 e. The molecule has 0 radical (unpaired) electrons. The molecule has 0 saturated heterocycles. The number of fused-ring (bicyclic) bond motifs is 1. The van der Waals surface area contributed by atoms with Gasteiger partial charge in [-0.2, -0.15) is 0 Å². The predicted molar refractivity (Wildman–Crippen MR) is 106 cm³/mol. The van der Waals surface area contributed by atoms with E-state index in [1.807, 2.05) is 42.5 Å². The second-order valence-corrected chi connectivity index (χ2v) is 6.59. The topological polar surface area (TPSA) is 47.6 Å². The minimum Gasteiger partial charge on any atom is -0.487 e. The molecule has 3 aromatic rings. The van der Waals surface area contributed by atoms with Crippen molar-refractivity contribution >= 4 is 57.4 Å². The maximum absolute atomic E-state index is 12.0. The SMILES string of the molecule is O=C(Nc1cccc2ccccc12)OCCOc1c(Cl)cc(Cl)cc1Cl. The molecule has 0 fully saturated rings. The summed E-state index contributed by atoms with van der Waals surface area (Å²) in [5.74, 6) is 0.302. The Morgan fingerprint density at radius 3 is 2.38 bits per heavy atom. The van der Waals surface area contributed by atoms with Crippen LogP contribution in [-0.4, -0.2) is 19.3 Å². The number of carbonyl (C=O) groups is 1. The predicted octanol–water partition coefficient (Wildman–Crippen LogP) is 6.43. The highest BCUT2D eigenvalue weighted by Crippen LogP contribution is 2.35. The number of nitrogens with one attached hydrogen (secondary N) is 1. The van der Waals surface area contributed by atoms with Gasteiger partial charge in [0.25, 0.3) is 0 Å². The molecule has 0 heterocycles. The number of hydrogen-bond donors (Lipinski definition) is 1. The minimum absolute atomic E-state index is 0.0336. The van der Waals surface area contributed by atoms with E-state index >= 15 is 0 Å². The summed E-state index contributed by atoms with van der Waals surface area (Å²) in [7, 11) is 0. The Bertz CT molecular complexity index is 918. The van der Waals surface area contributed by atoms with Gasteiger partial charge in [-0.15, -0.1) is 0 Å². The average molecular weight is 411 g/mol. The van der Waals surface area contributed by atoms with Gasteiger partial charge in [0, 0.05) is 10.4 Å². The summed E-state index contributed by atoms with van der Waals surface area (Å²) in [6, 6.07) is 16.5. The van der Waals surface area contributed by atoms with Crippen molar-refractivity contribution in [3.63, 3.8) is 0 Å². The van der Waals surface area contributed by atoms with Crippen molar-refractivity contribution in [3.05, 3.63) is 69.7 Å². The summed E-state index contributed by atoms with van der Waals surface area (Å²) >= 11 is 17.9. The van der Waals surface area contributed by atoms with Crippen LogP contribution in [0, 0.1) is 0 Å². The van der Waals surface area contributed by atoms with E-state index in [1.54, 1.807) is 0 Å². The first-order valence-corrected chi connectivity index (χ1v) is 8.87. The Morgan fingerprint density at radius 1 is 0.923 bits per heavy atom. The van der Waals surface area contributed by atoms with Gasteiger partial charge in [-0.05, 0) is 23.6 Å². The van der Waals surface area contributed by atoms with Crippen molar-refractivity contribution in [3.8, 4) is 5.75 Å². The van der Waals surface area contributed by atoms with E-state index in [1.165, 1.54) is 12.1 Å². The lowest BCUT2D eigenvalue weighted by Crippen LogP contribution is -2.18. The Morgan fingerprint density at radius 2 is 1.62 bits per heavy atom. The highest BCUT2D eigenvalue weighted by Gasteiger charge is 2.10. The van der Waals surface area contributed by atoms with Gasteiger partial charge >= 0.3 is 6.09 Å². The van der Waals surface area contributed by atoms with Crippen molar-refractivity contribution in [2.75, 3.05) is 18.5 Å². The average Bonchev–Trinajstić information content (AvgIpc) is 2.60. The van der Waals surface area contributed by atoms with E-state index < -0.39 is 6.09 Å². The van der Waals surface area contributed by atoms with E-state index in [0.29, 0.717) is 26.5 Å². The maximum atomic E-state index is 12.0. The molecular formula is C19H14Cl3NO3. The molecule has 134 valence electrons. The van der Waals surface area contributed by atoms with Crippen molar-refractivity contribution in [1.29, 1.82) is 0 Å². The number of carbonyl (C=O) groups excluding carboxylic acids is 1. The molecule has 0 aromatic heterocycles. The molecular weight excluding hydrogens is 397 g/mol. The summed E-state index contributed by atoms with van der Waals surface area (Å²) < 4.78 is 10.6. The zero-order chi connectivity index (χ0) is 18.5. The van der Waals surface area contributed by atoms with Crippen LogP contribution in [-0.2, 0) is 4.74 Å². The molecule has 0 atom stereocenters. The summed E-state index contributed by atoms with van der Waals surface area (Å²) in [5, 5.41) is 5.69. The van der Waals surface area contributed by atoms with Crippen LogP contribution in [0.1, 0.15) is 0 Å². The molecule has 0 aliphatic heterocycles. The highest BCUT2D eigenvalue weighted by atomic mass is 35.5. The van der Waals surface area contributed by atoms with E-state index in [2.05, 4.69) is 5.32 Å². The quantitative estimate of drug-likeness (QED) is 0.493. The number of benzene rings is 3. The van der Waals surface area contributed by atoms with Gasteiger partial charge < -0.3 is 9.47 Å². The van der Waals surface area contributed by atoms with Crippen LogP contribution in [0.25, 0.3) is 10.8 Å². The Balaban J connectivity index is 1.53. The van der Waals surface area contributed by atoms with Gasteiger partial charge in [0.1, 0.15) is 13.2 Å². The van der Waals surface area contributed by atoms with Crippen LogP contribution in [0.3, 0.4) is 0 Å². The van der Waals surface area contributed by atoms with Crippen LogP contribution in [0.15, 0.2) is 54.6 Å². The summed E-state index contributed by atoms with van der Waals surface area (Å²) in [6.45, 7) is 0.135. The first-order valence-electron chi connectivity index (χ1n) is 7.73. The van der Waals surface area contributed by atoms with Crippen molar-refractivity contribution in [2.24, 2.45) is 0 Å². The third kappa shape index (κ3) is 4.52. The molecule has 0 spiro atoms. The molecule has 1 N–H and O–H groups in total. The molecule has 0 aliphatic rings. The van der Waals surface area contributed by atoms with Crippen molar-refractivity contribution < 1.29 is 14.3 Å². The lowest BCUT2D eigenvalue weighted by Gasteiger charge is -2.12. The number of rotatable bonds is 5. The smallest absolute Gasteiger partial charge is 0.411 e. The third-order valence-corrected chi connectivity index (χ3v) is 4.33. The van der Waals surface area contributed by atoms with Crippen LogP contribution in [0.2, 0.25) is 15.1 Å². The molecule has 3 rings (SSSR count). The van der Waals surface area contributed by atoms with Gasteiger partial charge in [0.05, 0.1) is 15.7 Å². The third-order valence-electron chi connectivity index (χ3n) is 3.55. The lowest BCUT2D eigenvalue weighted by molar-refractivity contribution is 0.138. The van der Waals surface area contributed by atoms with Gasteiger partial charge in [-0.3, -0.25) is 5.32 Å². The number of amides is 1. The highest BCUT2D eigenvalue weighted by molar-refractivity contribution is 6.40. The number of anilines is 1. The molecule has 0 bridgehead atoms. The summed E-state index contributed by atoms with van der Waals surface area (Å²) in [4.78, 5) is 12.0. The molecule has 4 nitrogen and oxygen atoms in total. The molecule has 7 heteroatoms. The zero-order valence-corrected chi connectivity index (χ0v) is 15.7. The fraction of sp³-hybridized carbons (Fsp3) is 0.105. The van der Waals surface area contributed by atoms with Gasteiger partial charge in [-0.25, -0.2) is 4.79 Å². The first kappa shape index (κ1) is 18.6. The molecule has 0 unspecified atom stereocenters. The molecule has 0 aliphatic carbocycles. The largest absolute Gasteiger partial charge is 0.487 e. The monoisotopic (exact) mass is 409 g/mol. The van der Waals surface area contributed by atoms with Gasteiger partial charge in [0.2, 0.25) is 0 Å². The van der Waals surface area contributed by atoms with E-state index in [-0.39, 0.29) is 13.2 Å². The Hall–Kier alpha value is -2.14. The zero-order valence-electron chi connectivity index (χ0n) is 13.5. The van der Waals surface area contributed by atoms with Crippen molar-refractivity contribution in [2.45, 2.75) is 0 Å². The fourth-order valence-electron chi connectivity index (χ4n) is 2.43. The second-order valence-electron chi connectivity index (χ2n) is 5.33. The van der Waals surface area contributed by atoms with Crippen molar-refractivity contribution in [1.82, 2.24) is 0 Å². The number of hydrogen-bond acceptors (Lipinski definition) is 3. The first-order chi connectivity index (χ1) is 12.5. The van der Waals surface area contributed by atoms with Crippen LogP contribution in [0.5, 0.6) is 5.75 Å². The summed E-state index contributed by atoms with van der Waals surface area (Å²) in [6.07, 6.45) is -0.571. The Labute approximate surface area is 165 Å². The molecule has 1 amide bonds. The van der Waals surface area contributed by atoms with Crippen LogP contribution in [0.4, 0.5) is 10.5 Å². The molecule has 3 aromatic carbocycles. The van der Waals surface area contributed by atoms with Crippen LogP contribution >= 0.6 is 34.8 Å².